The molecule has 2 aromatic carbocycles. The van der Waals surface area contributed by atoms with Crippen LogP contribution in [0.4, 0.5) is 0 Å². The maximum atomic E-state index is 6.20. The van der Waals surface area contributed by atoms with E-state index in [2.05, 4.69) is 34.2 Å². The highest BCUT2D eigenvalue weighted by Gasteiger charge is 2.06. The van der Waals surface area contributed by atoms with Crippen LogP contribution in [0.5, 0.6) is 5.75 Å². The minimum Gasteiger partial charge on any atom is -0.489 e. The van der Waals surface area contributed by atoms with Crippen molar-refractivity contribution in [2.24, 2.45) is 0 Å². The van der Waals surface area contributed by atoms with Gasteiger partial charge in [-0.05, 0) is 37.2 Å². The molecule has 2 nitrogen and oxygen atoms in total. The van der Waals surface area contributed by atoms with Crippen molar-refractivity contribution in [3.05, 3.63) is 63.1 Å². The van der Waals surface area contributed by atoms with Crippen LogP contribution in [0.2, 0.25) is 5.02 Å². The molecule has 1 N–H and O–H groups in total. The monoisotopic (exact) mass is 409 g/mol. The summed E-state index contributed by atoms with van der Waals surface area (Å²) in [6.45, 7) is 4.56. The van der Waals surface area contributed by atoms with Crippen LogP contribution in [0.15, 0.2) is 46.9 Å². The first-order valence-electron chi connectivity index (χ1n) is 8.56. The van der Waals surface area contributed by atoms with Gasteiger partial charge in [0.15, 0.2) is 0 Å². The zero-order valence-electron chi connectivity index (χ0n) is 14.2. The van der Waals surface area contributed by atoms with E-state index in [9.17, 15) is 0 Å². The van der Waals surface area contributed by atoms with Crippen molar-refractivity contribution in [2.45, 2.75) is 45.8 Å². The summed E-state index contributed by atoms with van der Waals surface area (Å²) >= 11 is 9.74. The molecule has 2 aromatic rings. The lowest BCUT2D eigenvalue weighted by Crippen LogP contribution is -2.15. The SMILES string of the molecule is CCCCCCNCc1cc(Br)ccc1OCc1ccccc1Cl. The molecule has 0 heterocycles. The summed E-state index contributed by atoms with van der Waals surface area (Å²) in [6, 6.07) is 13.9. The third-order valence-corrected chi connectivity index (χ3v) is 4.75. The summed E-state index contributed by atoms with van der Waals surface area (Å²) in [5.74, 6) is 0.902. The molecule has 0 fully saturated rings. The van der Waals surface area contributed by atoms with Crippen LogP contribution >= 0.6 is 27.5 Å². The second kappa shape index (κ2) is 10.8. The Morgan fingerprint density at radius 2 is 1.88 bits per heavy atom. The molecule has 4 heteroatoms. The Kier molecular flexibility index (Phi) is 8.65. The van der Waals surface area contributed by atoms with E-state index in [4.69, 9.17) is 16.3 Å². The molecule has 0 radical (unpaired) electrons. The number of halogens is 2. The molecule has 0 bridgehead atoms. The summed E-state index contributed by atoms with van der Waals surface area (Å²) in [5, 5.41) is 4.25. The van der Waals surface area contributed by atoms with Crippen LogP contribution in [0.1, 0.15) is 43.7 Å². The average molecular weight is 411 g/mol. The highest BCUT2D eigenvalue weighted by atomic mass is 79.9. The second-order valence-corrected chi connectivity index (χ2v) is 7.19. The molecule has 0 aliphatic rings. The lowest BCUT2D eigenvalue weighted by atomic mass is 10.2. The van der Waals surface area contributed by atoms with Crippen molar-refractivity contribution in [3.63, 3.8) is 0 Å². The van der Waals surface area contributed by atoms with Gasteiger partial charge in [0.2, 0.25) is 0 Å². The van der Waals surface area contributed by atoms with Crippen molar-refractivity contribution in [1.29, 1.82) is 0 Å². The Hall–Kier alpha value is -1.03. The van der Waals surface area contributed by atoms with Gasteiger partial charge < -0.3 is 10.1 Å². The van der Waals surface area contributed by atoms with E-state index in [0.717, 1.165) is 39.5 Å². The summed E-state index contributed by atoms with van der Waals surface area (Å²) in [5.41, 5.74) is 2.16. The van der Waals surface area contributed by atoms with Gasteiger partial charge >= 0.3 is 0 Å². The predicted octanol–water partition coefficient (Wildman–Crippen LogP) is 6.35. The summed E-state index contributed by atoms with van der Waals surface area (Å²) in [7, 11) is 0. The van der Waals surface area contributed by atoms with Gasteiger partial charge in [0.05, 0.1) is 0 Å². The van der Waals surface area contributed by atoms with Crippen LogP contribution in [-0.2, 0) is 13.2 Å². The minimum atomic E-state index is 0.477. The zero-order chi connectivity index (χ0) is 17.2. The van der Waals surface area contributed by atoms with Crippen LogP contribution in [0, 0.1) is 0 Å². The highest BCUT2D eigenvalue weighted by molar-refractivity contribution is 9.10. The normalized spacial score (nSPS) is 10.8. The van der Waals surface area contributed by atoms with Gasteiger partial charge in [-0.25, -0.2) is 0 Å². The molecule has 0 amide bonds. The van der Waals surface area contributed by atoms with Crippen molar-refractivity contribution >= 4 is 27.5 Å². The zero-order valence-corrected chi connectivity index (χ0v) is 16.5. The number of ether oxygens (including phenoxy) is 1. The Bertz CT molecular complexity index is 633. The van der Waals surface area contributed by atoms with E-state index in [0.29, 0.717) is 6.61 Å². The summed E-state index contributed by atoms with van der Waals surface area (Å²) < 4.78 is 7.07. The predicted molar refractivity (Wildman–Crippen MR) is 106 cm³/mol. The van der Waals surface area contributed by atoms with Crippen molar-refractivity contribution in [3.8, 4) is 5.75 Å². The fraction of sp³-hybridized carbons (Fsp3) is 0.400. The molecule has 2 rings (SSSR count). The topological polar surface area (TPSA) is 21.3 Å². The smallest absolute Gasteiger partial charge is 0.124 e. The molecule has 0 saturated heterocycles. The fourth-order valence-electron chi connectivity index (χ4n) is 2.50. The standard InChI is InChI=1S/C20H25BrClNO/c1-2-3-4-7-12-23-14-17-13-18(21)10-11-20(17)24-15-16-8-5-6-9-19(16)22/h5-6,8-11,13,23H,2-4,7,12,14-15H2,1H3. The largest absolute Gasteiger partial charge is 0.489 e. The number of hydrogen-bond acceptors (Lipinski definition) is 2. The molecule has 0 spiro atoms. The molecular formula is C20H25BrClNO. The summed E-state index contributed by atoms with van der Waals surface area (Å²) in [4.78, 5) is 0. The van der Waals surface area contributed by atoms with E-state index in [-0.39, 0.29) is 0 Å². The number of nitrogens with one attached hydrogen (secondary N) is 1. The number of benzene rings is 2. The van der Waals surface area contributed by atoms with Gasteiger partial charge in [-0.3, -0.25) is 0 Å². The molecule has 0 aliphatic carbocycles. The van der Waals surface area contributed by atoms with E-state index in [1.165, 1.54) is 25.7 Å². The van der Waals surface area contributed by atoms with Gasteiger partial charge in [-0.2, -0.15) is 0 Å². The molecule has 0 unspecified atom stereocenters. The minimum absolute atomic E-state index is 0.477. The number of rotatable bonds is 10. The lowest BCUT2D eigenvalue weighted by molar-refractivity contribution is 0.302. The van der Waals surface area contributed by atoms with Crippen molar-refractivity contribution in [2.75, 3.05) is 6.54 Å². The molecule has 0 aromatic heterocycles. The first-order valence-corrected chi connectivity index (χ1v) is 9.73. The molecule has 0 aliphatic heterocycles. The lowest BCUT2D eigenvalue weighted by Gasteiger charge is -2.13. The molecule has 130 valence electrons. The van der Waals surface area contributed by atoms with Gasteiger partial charge in [-0.15, -0.1) is 0 Å². The number of hydrogen-bond donors (Lipinski definition) is 1. The average Bonchev–Trinajstić information content (AvgIpc) is 2.58. The maximum Gasteiger partial charge on any atom is 0.124 e. The van der Waals surface area contributed by atoms with Gasteiger partial charge in [0.25, 0.3) is 0 Å². The number of unbranched alkanes of at least 4 members (excludes halogenated alkanes) is 3. The Morgan fingerprint density at radius 1 is 1.04 bits per heavy atom. The Labute approximate surface area is 158 Å². The molecule has 0 atom stereocenters. The van der Waals surface area contributed by atoms with Gasteiger partial charge in [0.1, 0.15) is 12.4 Å². The van der Waals surface area contributed by atoms with E-state index >= 15 is 0 Å². The van der Waals surface area contributed by atoms with E-state index in [1.54, 1.807) is 0 Å². The van der Waals surface area contributed by atoms with Crippen LogP contribution < -0.4 is 10.1 Å². The molecule has 0 saturated carbocycles. The fourth-order valence-corrected chi connectivity index (χ4v) is 3.10. The van der Waals surface area contributed by atoms with E-state index in [1.807, 2.05) is 36.4 Å². The summed E-state index contributed by atoms with van der Waals surface area (Å²) in [6.07, 6.45) is 5.09. The molecular weight excluding hydrogens is 386 g/mol. The third kappa shape index (κ3) is 6.46. The van der Waals surface area contributed by atoms with Crippen LogP contribution in [-0.4, -0.2) is 6.54 Å². The first-order chi connectivity index (χ1) is 11.7. The van der Waals surface area contributed by atoms with Gasteiger partial charge in [0, 0.05) is 27.2 Å². The third-order valence-electron chi connectivity index (χ3n) is 3.89. The second-order valence-electron chi connectivity index (χ2n) is 5.87. The maximum absolute atomic E-state index is 6.20. The molecule has 24 heavy (non-hydrogen) atoms. The highest BCUT2D eigenvalue weighted by Crippen LogP contribution is 2.25. The van der Waals surface area contributed by atoms with Crippen LogP contribution in [0.3, 0.4) is 0 Å². The quantitative estimate of drug-likeness (QED) is 0.461. The van der Waals surface area contributed by atoms with Crippen LogP contribution in [0.25, 0.3) is 0 Å². The Balaban J connectivity index is 1.91. The van der Waals surface area contributed by atoms with E-state index < -0.39 is 0 Å². The van der Waals surface area contributed by atoms with Crippen molar-refractivity contribution in [1.82, 2.24) is 5.32 Å². The van der Waals surface area contributed by atoms with Gasteiger partial charge in [-0.1, -0.05) is 71.9 Å². The first kappa shape index (κ1) is 19.3. The Morgan fingerprint density at radius 3 is 2.67 bits per heavy atom. The van der Waals surface area contributed by atoms with Crippen molar-refractivity contribution < 1.29 is 4.74 Å².